The van der Waals surface area contributed by atoms with Crippen molar-refractivity contribution in [2.24, 2.45) is 0 Å². The molecular formula is C19H24N2O5. The molecular weight excluding hydrogens is 336 g/mol. The molecule has 2 aliphatic heterocycles. The summed E-state index contributed by atoms with van der Waals surface area (Å²) < 4.78 is 11.0. The first-order valence-corrected chi connectivity index (χ1v) is 8.85. The van der Waals surface area contributed by atoms with Gasteiger partial charge in [0.1, 0.15) is 5.75 Å². The first-order valence-electron chi connectivity index (χ1n) is 8.85. The van der Waals surface area contributed by atoms with Crippen molar-refractivity contribution in [3.63, 3.8) is 0 Å². The maximum absolute atomic E-state index is 12.5. The van der Waals surface area contributed by atoms with E-state index < -0.39 is 0 Å². The van der Waals surface area contributed by atoms with Gasteiger partial charge >= 0.3 is 0 Å². The Kier molecular flexibility index (Phi) is 5.27. The largest absolute Gasteiger partial charge is 0.482 e. The van der Waals surface area contributed by atoms with Gasteiger partial charge in [-0.25, -0.2) is 0 Å². The number of anilines is 1. The molecule has 0 aliphatic carbocycles. The lowest BCUT2D eigenvalue weighted by atomic mass is 10.0. The highest BCUT2D eigenvalue weighted by atomic mass is 16.5. The SMILES string of the molecule is CC1CN(C(=O)CCC(=O)c2ccc3c(c2)N(C)C(=O)CO3)CC(C)O1. The second-order valence-electron chi connectivity index (χ2n) is 6.90. The van der Waals surface area contributed by atoms with Crippen LogP contribution in [0.4, 0.5) is 5.69 Å². The minimum Gasteiger partial charge on any atom is -0.482 e. The zero-order valence-corrected chi connectivity index (χ0v) is 15.4. The van der Waals surface area contributed by atoms with Crippen LogP contribution in [0.3, 0.4) is 0 Å². The molecule has 0 aromatic heterocycles. The summed E-state index contributed by atoms with van der Waals surface area (Å²) in [6.07, 6.45) is 0.316. The number of morpholine rings is 1. The molecule has 1 saturated heterocycles. The summed E-state index contributed by atoms with van der Waals surface area (Å²) >= 11 is 0. The van der Waals surface area contributed by atoms with E-state index in [1.165, 1.54) is 4.90 Å². The van der Waals surface area contributed by atoms with Crippen molar-refractivity contribution < 1.29 is 23.9 Å². The van der Waals surface area contributed by atoms with Crippen LogP contribution >= 0.6 is 0 Å². The molecule has 1 aromatic carbocycles. The Morgan fingerprint density at radius 1 is 1.15 bits per heavy atom. The van der Waals surface area contributed by atoms with Gasteiger partial charge < -0.3 is 19.3 Å². The lowest BCUT2D eigenvalue weighted by Gasteiger charge is -2.35. The smallest absolute Gasteiger partial charge is 0.264 e. The van der Waals surface area contributed by atoms with Crippen molar-refractivity contribution in [2.75, 3.05) is 31.6 Å². The van der Waals surface area contributed by atoms with Crippen molar-refractivity contribution in [1.29, 1.82) is 0 Å². The molecule has 0 radical (unpaired) electrons. The van der Waals surface area contributed by atoms with Gasteiger partial charge in [0.2, 0.25) is 5.91 Å². The van der Waals surface area contributed by atoms with Gasteiger partial charge in [-0.05, 0) is 32.0 Å². The predicted octanol–water partition coefficient (Wildman–Crippen LogP) is 1.64. The minimum absolute atomic E-state index is 0.00168. The number of nitrogens with zero attached hydrogens (tertiary/aromatic N) is 2. The number of carbonyl (C=O) groups is 3. The van der Waals surface area contributed by atoms with Crippen molar-refractivity contribution in [3.05, 3.63) is 23.8 Å². The van der Waals surface area contributed by atoms with Crippen molar-refractivity contribution in [1.82, 2.24) is 4.90 Å². The van der Waals surface area contributed by atoms with Crippen molar-refractivity contribution in [3.8, 4) is 5.75 Å². The third-order valence-electron chi connectivity index (χ3n) is 4.71. The molecule has 2 heterocycles. The summed E-state index contributed by atoms with van der Waals surface area (Å²) in [4.78, 5) is 39.9. The molecule has 0 saturated carbocycles. The number of Topliss-reactive ketones (excluding diaryl/α,β-unsaturated/α-hetero) is 1. The average molecular weight is 360 g/mol. The number of carbonyl (C=O) groups excluding carboxylic acids is 3. The molecule has 7 heteroatoms. The Hall–Kier alpha value is -2.41. The Bertz CT molecular complexity index is 723. The average Bonchev–Trinajstić information content (AvgIpc) is 2.61. The Balaban J connectivity index is 1.62. The molecule has 2 unspecified atom stereocenters. The molecule has 1 fully saturated rings. The van der Waals surface area contributed by atoms with Crippen LogP contribution < -0.4 is 9.64 Å². The first-order chi connectivity index (χ1) is 12.3. The zero-order valence-electron chi connectivity index (χ0n) is 15.4. The van der Waals surface area contributed by atoms with Crippen molar-refractivity contribution in [2.45, 2.75) is 38.9 Å². The van der Waals surface area contributed by atoms with E-state index in [1.807, 2.05) is 13.8 Å². The quantitative estimate of drug-likeness (QED) is 0.763. The third-order valence-corrected chi connectivity index (χ3v) is 4.71. The van der Waals surface area contributed by atoms with Crippen LogP contribution in [-0.4, -0.2) is 61.4 Å². The Morgan fingerprint density at radius 2 is 1.85 bits per heavy atom. The summed E-state index contributed by atoms with van der Waals surface area (Å²) in [5.74, 6) is 0.264. The second-order valence-corrected chi connectivity index (χ2v) is 6.90. The van der Waals surface area contributed by atoms with Crippen LogP contribution in [0.5, 0.6) is 5.75 Å². The van der Waals surface area contributed by atoms with Gasteiger partial charge in [-0.15, -0.1) is 0 Å². The predicted molar refractivity (Wildman–Crippen MR) is 95.5 cm³/mol. The molecule has 0 spiro atoms. The summed E-state index contributed by atoms with van der Waals surface area (Å²) in [5, 5.41) is 0. The maximum Gasteiger partial charge on any atom is 0.264 e. The van der Waals surface area contributed by atoms with Crippen LogP contribution in [0.25, 0.3) is 0 Å². The van der Waals surface area contributed by atoms with Gasteiger partial charge in [0, 0.05) is 38.5 Å². The number of amides is 2. The maximum atomic E-state index is 12.5. The van der Waals surface area contributed by atoms with E-state index in [0.717, 1.165) is 0 Å². The number of likely N-dealkylation sites (N-methyl/N-ethyl adjacent to an activating group) is 1. The van der Waals surface area contributed by atoms with Gasteiger partial charge in [0.15, 0.2) is 12.4 Å². The minimum atomic E-state index is -0.159. The van der Waals surface area contributed by atoms with E-state index in [0.29, 0.717) is 30.1 Å². The first kappa shape index (κ1) is 18.4. The lowest BCUT2D eigenvalue weighted by molar-refractivity contribution is -0.143. The topological polar surface area (TPSA) is 76.2 Å². The number of benzene rings is 1. The van der Waals surface area contributed by atoms with E-state index in [2.05, 4.69) is 0 Å². The van der Waals surface area contributed by atoms with Crippen molar-refractivity contribution >= 4 is 23.3 Å². The summed E-state index contributed by atoms with van der Waals surface area (Å²) in [5.41, 5.74) is 1.06. The highest BCUT2D eigenvalue weighted by Gasteiger charge is 2.27. The Labute approximate surface area is 152 Å². The van der Waals surface area contributed by atoms with E-state index in [-0.39, 0.29) is 49.3 Å². The molecule has 7 nitrogen and oxygen atoms in total. The van der Waals surface area contributed by atoms with Crippen LogP contribution in [0, 0.1) is 0 Å². The second kappa shape index (κ2) is 7.45. The fourth-order valence-corrected chi connectivity index (χ4v) is 3.35. The molecule has 3 rings (SSSR count). The monoisotopic (exact) mass is 360 g/mol. The lowest BCUT2D eigenvalue weighted by Crippen LogP contribution is -2.48. The number of ether oxygens (including phenoxy) is 2. The number of rotatable bonds is 4. The van der Waals surface area contributed by atoms with Crippen LogP contribution in [-0.2, 0) is 14.3 Å². The highest BCUT2D eigenvalue weighted by molar-refractivity contribution is 6.02. The van der Waals surface area contributed by atoms with E-state index in [9.17, 15) is 14.4 Å². The van der Waals surface area contributed by atoms with E-state index in [1.54, 1.807) is 30.1 Å². The molecule has 2 aliphatic rings. The molecule has 2 amide bonds. The molecule has 140 valence electrons. The third kappa shape index (κ3) is 3.88. The van der Waals surface area contributed by atoms with Gasteiger partial charge in [0.05, 0.1) is 17.9 Å². The summed E-state index contributed by atoms with van der Waals surface area (Å²) in [6.45, 7) is 4.99. The highest BCUT2D eigenvalue weighted by Crippen LogP contribution is 2.32. The van der Waals surface area contributed by atoms with Crippen LogP contribution in [0.2, 0.25) is 0 Å². The molecule has 1 aromatic rings. The molecule has 2 atom stereocenters. The standard InChI is InChI=1S/C19H24N2O5/c1-12-9-21(10-13(2)26-12)18(23)7-5-16(22)14-4-6-17-15(8-14)20(3)19(24)11-25-17/h4,6,8,12-13H,5,7,9-11H2,1-3H3. The van der Waals surface area contributed by atoms with Gasteiger partial charge in [0.25, 0.3) is 5.91 Å². The number of ketones is 1. The Morgan fingerprint density at radius 3 is 2.54 bits per heavy atom. The number of hydrogen-bond acceptors (Lipinski definition) is 5. The van der Waals surface area contributed by atoms with E-state index >= 15 is 0 Å². The normalized spacial score (nSPS) is 22.7. The number of fused-ring (bicyclic) bond motifs is 1. The fraction of sp³-hybridized carbons (Fsp3) is 0.526. The van der Waals surface area contributed by atoms with Crippen LogP contribution in [0.15, 0.2) is 18.2 Å². The molecule has 26 heavy (non-hydrogen) atoms. The van der Waals surface area contributed by atoms with Gasteiger partial charge in [-0.3, -0.25) is 14.4 Å². The summed E-state index contributed by atoms with van der Waals surface area (Å²) in [7, 11) is 1.65. The summed E-state index contributed by atoms with van der Waals surface area (Å²) in [6, 6.07) is 5.02. The molecule has 0 N–H and O–H groups in total. The molecule has 0 bridgehead atoms. The van der Waals surface area contributed by atoms with Crippen LogP contribution in [0.1, 0.15) is 37.0 Å². The van der Waals surface area contributed by atoms with Gasteiger partial charge in [-0.2, -0.15) is 0 Å². The van der Waals surface area contributed by atoms with Gasteiger partial charge in [-0.1, -0.05) is 0 Å². The van der Waals surface area contributed by atoms with E-state index in [4.69, 9.17) is 9.47 Å². The number of hydrogen-bond donors (Lipinski definition) is 0. The fourth-order valence-electron chi connectivity index (χ4n) is 3.35. The zero-order chi connectivity index (χ0) is 18.8.